The fraction of sp³-hybridized carbons (Fsp3) is 0.345. The highest BCUT2D eigenvalue weighted by Crippen LogP contribution is 2.38. The van der Waals surface area contributed by atoms with Crippen molar-refractivity contribution in [3.8, 4) is 22.6 Å². The molecular formula is C29H30ClFN2O8. The first-order chi connectivity index (χ1) is 19.8. The van der Waals surface area contributed by atoms with E-state index in [1.807, 2.05) is 0 Å². The molecule has 4 rings (SSSR count). The normalized spacial score (nSPS) is 15.6. The van der Waals surface area contributed by atoms with Gasteiger partial charge in [0.25, 0.3) is 5.56 Å². The predicted octanol–water partition coefficient (Wildman–Crippen LogP) is 4.30. The van der Waals surface area contributed by atoms with E-state index >= 15 is 0 Å². The Morgan fingerprint density at radius 3 is 2.51 bits per heavy atom. The molecule has 0 aliphatic carbocycles. The molecule has 0 radical (unpaired) electrons. The van der Waals surface area contributed by atoms with Gasteiger partial charge in [-0.05, 0) is 42.5 Å². The number of methoxy groups -OCH3 is 2. The van der Waals surface area contributed by atoms with E-state index in [4.69, 9.17) is 35.3 Å². The number of hydrogen-bond acceptors (Lipinski definition) is 8. The third-order valence-electron chi connectivity index (χ3n) is 6.41. The van der Waals surface area contributed by atoms with Crippen LogP contribution in [-0.2, 0) is 19.0 Å². The predicted molar refractivity (Wildman–Crippen MR) is 150 cm³/mol. The molecule has 1 saturated heterocycles. The van der Waals surface area contributed by atoms with Crippen LogP contribution in [0.1, 0.15) is 22.8 Å². The zero-order valence-electron chi connectivity index (χ0n) is 22.6. The van der Waals surface area contributed by atoms with Crippen LogP contribution in [0.2, 0.25) is 5.02 Å². The van der Waals surface area contributed by atoms with E-state index in [1.54, 1.807) is 30.3 Å². The molecule has 10 nitrogen and oxygen atoms in total. The molecule has 1 aliphatic rings. The van der Waals surface area contributed by atoms with Crippen molar-refractivity contribution >= 4 is 29.2 Å². The molecule has 0 saturated carbocycles. The van der Waals surface area contributed by atoms with Gasteiger partial charge in [0.2, 0.25) is 5.91 Å². The maximum absolute atomic E-state index is 13.6. The number of halogens is 2. The average Bonchev–Trinajstić information content (AvgIpc) is 2.99. The molecule has 2 atom stereocenters. The number of amides is 1. The van der Waals surface area contributed by atoms with E-state index in [2.05, 4.69) is 5.32 Å². The second-order valence-electron chi connectivity index (χ2n) is 9.06. The van der Waals surface area contributed by atoms with Crippen molar-refractivity contribution in [1.82, 2.24) is 4.57 Å². The number of carbonyl (C=O) groups is 2. The van der Waals surface area contributed by atoms with E-state index in [1.165, 1.54) is 43.2 Å². The molecule has 12 heteroatoms. The molecule has 1 N–H and O–H groups in total. The minimum atomic E-state index is -1.01. The lowest BCUT2D eigenvalue weighted by Crippen LogP contribution is -2.38. The fourth-order valence-electron chi connectivity index (χ4n) is 4.43. The third kappa shape index (κ3) is 7.43. The van der Waals surface area contributed by atoms with Crippen molar-refractivity contribution in [3.63, 3.8) is 0 Å². The highest BCUT2D eigenvalue weighted by Gasteiger charge is 2.29. The van der Waals surface area contributed by atoms with Gasteiger partial charge in [-0.3, -0.25) is 14.2 Å². The van der Waals surface area contributed by atoms with Gasteiger partial charge < -0.3 is 29.0 Å². The van der Waals surface area contributed by atoms with Crippen molar-refractivity contribution in [2.45, 2.75) is 18.6 Å². The van der Waals surface area contributed by atoms with Gasteiger partial charge in [-0.25, -0.2) is 9.18 Å². The topological polar surface area (TPSA) is 114 Å². The zero-order valence-corrected chi connectivity index (χ0v) is 23.3. The summed E-state index contributed by atoms with van der Waals surface area (Å²) in [4.78, 5) is 38.9. The van der Waals surface area contributed by atoms with Gasteiger partial charge in [-0.1, -0.05) is 11.6 Å². The Kier molecular flexibility index (Phi) is 10.3. The van der Waals surface area contributed by atoms with Gasteiger partial charge in [0, 0.05) is 34.3 Å². The maximum Gasteiger partial charge on any atom is 0.337 e. The number of aromatic nitrogens is 1. The van der Waals surface area contributed by atoms with Crippen molar-refractivity contribution < 1.29 is 37.7 Å². The number of carbonyl (C=O) groups excluding carboxylic acids is 2. The summed E-state index contributed by atoms with van der Waals surface area (Å²) in [6, 6.07) is 11.2. The molecule has 0 bridgehead atoms. The van der Waals surface area contributed by atoms with E-state index in [9.17, 15) is 18.8 Å². The number of hydrogen-bond donors (Lipinski definition) is 1. The maximum atomic E-state index is 13.6. The van der Waals surface area contributed by atoms with Crippen molar-refractivity contribution in [1.29, 1.82) is 0 Å². The van der Waals surface area contributed by atoms with Crippen LogP contribution in [0.3, 0.4) is 0 Å². The number of rotatable bonds is 11. The summed E-state index contributed by atoms with van der Waals surface area (Å²) >= 11 is 6.22. The van der Waals surface area contributed by atoms with Crippen LogP contribution < -0.4 is 20.3 Å². The first kappa shape index (κ1) is 30.0. The Hall–Kier alpha value is -3.93. The minimum Gasteiger partial charge on any atom is -0.495 e. The summed E-state index contributed by atoms with van der Waals surface area (Å²) in [7, 11) is 2.71. The fourth-order valence-corrected chi connectivity index (χ4v) is 4.61. The van der Waals surface area contributed by atoms with Gasteiger partial charge in [0.1, 0.15) is 30.8 Å². The molecule has 1 fully saturated rings. The number of alkyl halides is 1. The van der Waals surface area contributed by atoms with Crippen LogP contribution in [0.4, 0.5) is 10.1 Å². The smallest absolute Gasteiger partial charge is 0.337 e. The molecule has 1 aromatic heterocycles. The summed E-state index contributed by atoms with van der Waals surface area (Å²) in [5.41, 5.74) is 1.03. The lowest BCUT2D eigenvalue weighted by molar-refractivity contribution is -0.124. The second-order valence-corrected chi connectivity index (χ2v) is 9.49. The van der Waals surface area contributed by atoms with E-state index in [-0.39, 0.29) is 25.4 Å². The zero-order chi connectivity index (χ0) is 29.4. The van der Waals surface area contributed by atoms with Crippen molar-refractivity contribution in [3.05, 3.63) is 75.7 Å². The number of ether oxygens (including phenoxy) is 5. The molecule has 218 valence electrons. The Bertz CT molecular complexity index is 1420. The largest absolute Gasteiger partial charge is 0.495 e. The number of benzene rings is 2. The van der Waals surface area contributed by atoms with Gasteiger partial charge in [0.05, 0.1) is 51.9 Å². The summed E-state index contributed by atoms with van der Waals surface area (Å²) in [6.45, 7) is 0.187. The molecule has 2 heterocycles. The molecular weight excluding hydrogens is 559 g/mol. The van der Waals surface area contributed by atoms with Crippen molar-refractivity contribution in [2.75, 3.05) is 52.6 Å². The Balaban J connectivity index is 1.71. The first-order valence-corrected chi connectivity index (χ1v) is 13.2. The van der Waals surface area contributed by atoms with Gasteiger partial charge in [-0.15, -0.1) is 0 Å². The number of nitrogens with one attached hydrogen (secondary N) is 1. The number of nitrogens with zero attached hydrogens (tertiary/aromatic N) is 1. The number of anilines is 1. The number of esters is 1. The Labute approximate surface area is 240 Å². The first-order valence-electron chi connectivity index (χ1n) is 12.8. The van der Waals surface area contributed by atoms with Gasteiger partial charge in [0.15, 0.2) is 0 Å². The Morgan fingerprint density at radius 2 is 1.85 bits per heavy atom. The highest BCUT2D eigenvalue weighted by atomic mass is 35.5. The lowest BCUT2D eigenvalue weighted by atomic mass is 10.0. The quantitative estimate of drug-likeness (QED) is 0.330. The molecule has 1 amide bonds. The van der Waals surface area contributed by atoms with Crippen LogP contribution in [0.5, 0.6) is 11.5 Å². The molecule has 3 aromatic rings. The highest BCUT2D eigenvalue weighted by molar-refractivity contribution is 6.31. The molecule has 2 unspecified atom stereocenters. The summed E-state index contributed by atoms with van der Waals surface area (Å²) in [5, 5.41) is 3.18. The van der Waals surface area contributed by atoms with E-state index in [0.29, 0.717) is 46.4 Å². The summed E-state index contributed by atoms with van der Waals surface area (Å²) in [5.74, 6) is -0.415. The lowest BCUT2D eigenvalue weighted by Gasteiger charge is -2.28. The molecule has 1 aliphatic heterocycles. The summed E-state index contributed by atoms with van der Waals surface area (Å²) < 4.78 is 41.2. The van der Waals surface area contributed by atoms with E-state index in [0.717, 1.165) is 0 Å². The number of pyridine rings is 1. The van der Waals surface area contributed by atoms with Gasteiger partial charge in [-0.2, -0.15) is 0 Å². The van der Waals surface area contributed by atoms with Gasteiger partial charge >= 0.3 is 5.97 Å². The molecule has 2 aromatic carbocycles. The van der Waals surface area contributed by atoms with Crippen molar-refractivity contribution in [2.24, 2.45) is 0 Å². The van der Waals surface area contributed by atoms with Crippen LogP contribution in [0.25, 0.3) is 11.1 Å². The summed E-state index contributed by atoms with van der Waals surface area (Å²) in [6.07, 6.45) is 1.13. The average molecular weight is 589 g/mol. The second kappa shape index (κ2) is 14.1. The molecule has 41 heavy (non-hydrogen) atoms. The van der Waals surface area contributed by atoms with Crippen LogP contribution >= 0.6 is 11.6 Å². The van der Waals surface area contributed by atoms with Crippen LogP contribution in [-0.4, -0.2) is 69.9 Å². The van der Waals surface area contributed by atoms with E-state index < -0.39 is 36.3 Å². The SMILES string of the molecule is COC(=O)c1ccc(NC(=O)C(CC2COCCO2)n2cc(OC)c(-c3cc(Cl)ccc3OCCF)cc2=O)cc1. The van der Waals surface area contributed by atoms with Crippen LogP contribution in [0.15, 0.2) is 59.5 Å². The minimum absolute atomic E-state index is 0.135. The molecule has 0 spiro atoms. The standard InChI is InChI=1S/C29H30ClFN2O8/c1-37-26-16-33(27(34)15-23(26)22-13-19(30)5-8-25(22)41-10-9-31)24(14-21-17-39-11-12-40-21)28(35)32-20-6-3-18(4-7-20)29(36)38-2/h3-8,13,15-16,21,24H,9-12,14,17H2,1-2H3,(H,32,35). The van der Waals surface area contributed by atoms with Crippen LogP contribution in [0, 0.1) is 0 Å². The monoisotopic (exact) mass is 588 g/mol. The Morgan fingerprint density at radius 1 is 1.10 bits per heavy atom. The third-order valence-corrected chi connectivity index (χ3v) is 6.65.